The Bertz CT molecular complexity index is 1320. The number of carbonyl (C=O) groups excluding carboxylic acids is 2. The van der Waals surface area contributed by atoms with Gasteiger partial charge >= 0.3 is 11.8 Å². The molecule has 6 N–H and O–H groups in total. The fourth-order valence-electron chi connectivity index (χ4n) is 4.20. The highest BCUT2D eigenvalue weighted by molar-refractivity contribution is 6.34. The molecule has 3 aromatic carbocycles. The first-order valence-electron chi connectivity index (χ1n) is 11.8. The second kappa shape index (κ2) is 10.9. The van der Waals surface area contributed by atoms with Gasteiger partial charge in [0.15, 0.2) is 6.23 Å². The van der Waals surface area contributed by atoms with Crippen molar-refractivity contribution in [1.82, 2.24) is 10.2 Å². The van der Waals surface area contributed by atoms with Gasteiger partial charge in [-0.15, -0.1) is 0 Å². The van der Waals surface area contributed by atoms with Gasteiger partial charge in [0.2, 0.25) is 0 Å². The molecule has 1 saturated heterocycles. The summed E-state index contributed by atoms with van der Waals surface area (Å²) >= 11 is 0. The van der Waals surface area contributed by atoms with Crippen LogP contribution in [0.1, 0.15) is 37.3 Å². The van der Waals surface area contributed by atoms with E-state index in [1.165, 1.54) is 0 Å². The summed E-state index contributed by atoms with van der Waals surface area (Å²) in [6.07, 6.45) is 2.93. The number of benzene rings is 3. The molecule has 1 aliphatic heterocycles. The van der Waals surface area contributed by atoms with Gasteiger partial charge in [-0.3, -0.25) is 15.0 Å². The van der Waals surface area contributed by atoms with E-state index in [2.05, 4.69) is 10.3 Å². The van der Waals surface area contributed by atoms with Crippen molar-refractivity contribution < 1.29 is 14.3 Å². The number of carbonyl (C=O) groups is 2. The molecule has 0 aliphatic carbocycles. The number of hydrogen-bond donors (Lipinski definition) is 4. The number of aliphatic imine (C=N–C) groups is 1. The lowest BCUT2D eigenvalue weighted by Crippen LogP contribution is -2.45. The molecule has 0 spiro atoms. The van der Waals surface area contributed by atoms with Crippen LogP contribution < -0.4 is 21.5 Å². The van der Waals surface area contributed by atoms with Gasteiger partial charge in [0, 0.05) is 25.1 Å². The quantitative estimate of drug-likeness (QED) is 0.240. The lowest BCUT2D eigenvalue weighted by molar-refractivity contribution is -0.137. The summed E-state index contributed by atoms with van der Waals surface area (Å²) in [5, 5.41) is 12.4. The Kier molecular flexibility index (Phi) is 7.48. The van der Waals surface area contributed by atoms with E-state index in [-0.39, 0.29) is 12.8 Å². The molecular weight excluding hydrogens is 456 g/mol. The fourth-order valence-corrected chi connectivity index (χ4v) is 4.20. The van der Waals surface area contributed by atoms with Crippen LogP contribution in [0.5, 0.6) is 5.75 Å². The number of hydrogen-bond acceptors (Lipinski definition) is 5. The lowest BCUT2D eigenvalue weighted by atomic mass is 10.0. The number of amides is 2. The van der Waals surface area contributed by atoms with Crippen LogP contribution in [-0.4, -0.2) is 41.2 Å². The Morgan fingerprint density at radius 2 is 1.81 bits per heavy atom. The predicted molar refractivity (Wildman–Crippen MR) is 140 cm³/mol. The van der Waals surface area contributed by atoms with Gasteiger partial charge in [0.1, 0.15) is 11.6 Å². The van der Waals surface area contributed by atoms with E-state index in [1.807, 2.05) is 65.6 Å². The largest absolute Gasteiger partial charge is 0.471 e. The van der Waals surface area contributed by atoms with E-state index in [0.29, 0.717) is 17.4 Å². The molecule has 4 rings (SSSR count). The van der Waals surface area contributed by atoms with Crippen molar-refractivity contribution in [2.24, 2.45) is 16.5 Å². The zero-order valence-corrected chi connectivity index (χ0v) is 20.2. The highest BCUT2D eigenvalue weighted by atomic mass is 16.5. The Labute approximate surface area is 209 Å². The van der Waals surface area contributed by atoms with Crippen LogP contribution in [0.4, 0.5) is 5.69 Å². The normalized spacial score (nSPS) is 16.0. The molecule has 0 saturated carbocycles. The minimum absolute atomic E-state index is 0.123. The van der Waals surface area contributed by atoms with E-state index < -0.39 is 11.8 Å². The first-order chi connectivity index (χ1) is 17.3. The summed E-state index contributed by atoms with van der Waals surface area (Å²) in [6, 6.07) is 19.0. The first kappa shape index (κ1) is 24.7. The number of nitrogens with zero attached hydrogens (tertiary/aromatic N) is 2. The van der Waals surface area contributed by atoms with E-state index in [1.54, 1.807) is 6.92 Å². The fraction of sp³-hybridized carbons (Fsp3) is 0.259. The number of nitrogens with one attached hydrogen (secondary N) is 2. The molecule has 1 unspecified atom stereocenters. The van der Waals surface area contributed by atoms with Crippen molar-refractivity contribution in [3.8, 4) is 5.75 Å². The van der Waals surface area contributed by atoms with Gasteiger partial charge in [-0.05, 0) is 72.5 Å². The molecule has 3 aromatic rings. The lowest BCUT2D eigenvalue weighted by Gasteiger charge is -2.36. The van der Waals surface area contributed by atoms with Crippen LogP contribution in [0, 0.1) is 5.41 Å². The van der Waals surface area contributed by atoms with Crippen LogP contribution in [0.3, 0.4) is 0 Å². The molecule has 2 amide bonds. The minimum atomic E-state index is -1.01. The van der Waals surface area contributed by atoms with Crippen molar-refractivity contribution in [1.29, 1.82) is 5.41 Å². The number of amidine groups is 2. The summed E-state index contributed by atoms with van der Waals surface area (Å²) in [7, 11) is 0. The van der Waals surface area contributed by atoms with E-state index in [4.69, 9.17) is 21.6 Å². The van der Waals surface area contributed by atoms with Crippen molar-refractivity contribution in [2.75, 3.05) is 6.54 Å². The number of piperidine rings is 1. The molecule has 36 heavy (non-hydrogen) atoms. The maximum absolute atomic E-state index is 11.4. The standard InChI is InChI=1S/C27H30N6O3/c1-17(28)33-13-3-2-4-24(33)36-23-11-9-22(10-12-23)32-25(29)20-8-7-19-6-5-18(14-21(19)15-20)16-31-27(35)26(30)34/h5-12,14-15,24,28H,2-4,13,16H2,1H3,(H2,29,32)(H2,30,34)(H,31,35). The maximum atomic E-state index is 11.4. The van der Waals surface area contributed by atoms with Crippen molar-refractivity contribution in [3.05, 3.63) is 71.8 Å². The summed E-state index contributed by atoms with van der Waals surface area (Å²) < 4.78 is 6.13. The van der Waals surface area contributed by atoms with Gasteiger partial charge in [-0.1, -0.05) is 24.3 Å². The number of ether oxygens (including phenoxy) is 1. The average molecular weight is 487 g/mol. The number of primary amides is 1. The van der Waals surface area contributed by atoms with Gasteiger partial charge in [0.05, 0.1) is 11.5 Å². The number of fused-ring (bicyclic) bond motifs is 1. The smallest absolute Gasteiger partial charge is 0.309 e. The highest BCUT2D eigenvalue weighted by Crippen LogP contribution is 2.25. The minimum Gasteiger partial charge on any atom is -0.471 e. The van der Waals surface area contributed by atoms with Crippen LogP contribution in [-0.2, 0) is 16.1 Å². The summed E-state index contributed by atoms with van der Waals surface area (Å²) in [4.78, 5) is 28.9. The average Bonchev–Trinajstić information content (AvgIpc) is 2.88. The zero-order chi connectivity index (χ0) is 25.7. The molecule has 1 atom stereocenters. The molecule has 1 heterocycles. The third-order valence-electron chi connectivity index (χ3n) is 6.11. The molecule has 9 heteroatoms. The molecule has 0 bridgehead atoms. The molecule has 9 nitrogen and oxygen atoms in total. The molecule has 1 aliphatic rings. The van der Waals surface area contributed by atoms with E-state index in [0.717, 1.165) is 53.5 Å². The molecule has 0 aromatic heterocycles. The molecule has 1 fully saturated rings. The maximum Gasteiger partial charge on any atom is 0.309 e. The topological polar surface area (TPSA) is 147 Å². The Morgan fingerprint density at radius 1 is 1.06 bits per heavy atom. The molecule has 0 radical (unpaired) electrons. The third-order valence-corrected chi connectivity index (χ3v) is 6.11. The van der Waals surface area contributed by atoms with Gasteiger partial charge in [0.25, 0.3) is 0 Å². The van der Waals surface area contributed by atoms with E-state index >= 15 is 0 Å². The van der Waals surface area contributed by atoms with Gasteiger partial charge < -0.3 is 26.4 Å². The SMILES string of the molecule is CC(=N)N1CCCCC1Oc1ccc(N=C(N)c2ccc3ccc(CNC(=O)C(N)=O)cc3c2)cc1. The van der Waals surface area contributed by atoms with Crippen molar-refractivity contribution in [2.45, 2.75) is 39.0 Å². The van der Waals surface area contributed by atoms with E-state index in [9.17, 15) is 9.59 Å². The van der Waals surface area contributed by atoms with Crippen LogP contribution >= 0.6 is 0 Å². The second-order valence-electron chi connectivity index (χ2n) is 8.78. The van der Waals surface area contributed by atoms with Crippen molar-refractivity contribution in [3.63, 3.8) is 0 Å². The summed E-state index contributed by atoms with van der Waals surface area (Å²) in [5.74, 6) is -0.216. The molecular formula is C27H30N6O3. The number of nitrogens with two attached hydrogens (primary N) is 2. The number of likely N-dealkylation sites (tertiary alicyclic amines) is 1. The molecule has 186 valence electrons. The second-order valence-corrected chi connectivity index (χ2v) is 8.78. The monoisotopic (exact) mass is 486 g/mol. The van der Waals surface area contributed by atoms with Crippen molar-refractivity contribution >= 4 is 39.9 Å². The predicted octanol–water partition coefficient (Wildman–Crippen LogP) is 3.17. The van der Waals surface area contributed by atoms with Crippen LogP contribution in [0.2, 0.25) is 0 Å². The van der Waals surface area contributed by atoms with Crippen LogP contribution in [0.15, 0.2) is 65.7 Å². The van der Waals surface area contributed by atoms with Gasteiger partial charge in [-0.2, -0.15) is 0 Å². The third kappa shape index (κ3) is 5.99. The number of rotatable bonds is 6. The zero-order valence-electron chi connectivity index (χ0n) is 20.2. The Morgan fingerprint density at radius 3 is 2.53 bits per heavy atom. The summed E-state index contributed by atoms with van der Waals surface area (Å²) in [5.41, 5.74) is 13.6. The Hall–Kier alpha value is -4.40. The Balaban J connectivity index is 1.46. The summed E-state index contributed by atoms with van der Waals surface area (Å²) in [6.45, 7) is 2.82. The van der Waals surface area contributed by atoms with Gasteiger partial charge in [-0.25, -0.2) is 4.99 Å². The highest BCUT2D eigenvalue weighted by Gasteiger charge is 2.24. The van der Waals surface area contributed by atoms with Crippen LogP contribution in [0.25, 0.3) is 10.8 Å². The first-order valence-corrected chi connectivity index (χ1v) is 11.8.